The van der Waals surface area contributed by atoms with E-state index in [1.54, 1.807) is 7.05 Å². The number of carbonyl (C=O) groups is 2. The molecular formula is C16H30N6O2. The summed E-state index contributed by atoms with van der Waals surface area (Å²) < 4.78 is 0. The number of aliphatic imine (C=N–C) groups is 1. The highest BCUT2D eigenvalue weighted by molar-refractivity contribution is 6.01. The van der Waals surface area contributed by atoms with Gasteiger partial charge in [0.2, 0.25) is 5.91 Å². The Kier molecular flexibility index (Phi) is 7.30. The van der Waals surface area contributed by atoms with Crippen LogP contribution in [0.1, 0.15) is 32.6 Å². The van der Waals surface area contributed by atoms with Gasteiger partial charge >= 0.3 is 6.03 Å². The van der Waals surface area contributed by atoms with Crippen molar-refractivity contribution in [3.05, 3.63) is 0 Å². The summed E-state index contributed by atoms with van der Waals surface area (Å²) in [6.45, 7) is 6.40. The van der Waals surface area contributed by atoms with Crippen LogP contribution in [-0.2, 0) is 4.79 Å². The summed E-state index contributed by atoms with van der Waals surface area (Å²) in [6, 6.07) is 0.376. The smallest absolute Gasteiger partial charge is 0.324 e. The Labute approximate surface area is 144 Å². The Morgan fingerprint density at radius 1 is 1.25 bits per heavy atom. The molecule has 8 nitrogen and oxygen atoms in total. The van der Waals surface area contributed by atoms with Crippen molar-refractivity contribution in [1.29, 1.82) is 0 Å². The van der Waals surface area contributed by atoms with Crippen LogP contribution in [-0.4, -0.2) is 80.1 Å². The number of hydrogen-bond acceptors (Lipinski definition) is 4. The van der Waals surface area contributed by atoms with Crippen molar-refractivity contribution in [1.82, 2.24) is 25.8 Å². The van der Waals surface area contributed by atoms with Gasteiger partial charge in [-0.3, -0.25) is 14.7 Å². The largest absolute Gasteiger partial charge is 0.356 e. The fraction of sp³-hybridized carbons (Fsp3) is 0.812. The minimum atomic E-state index is -0.319. The molecule has 3 N–H and O–H groups in total. The van der Waals surface area contributed by atoms with E-state index in [0.717, 1.165) is 19.5 Å². The van der Waals surface area contributed by atoms with E-state index in [-0.39, 0.29) is 18.5 Å². The van der Waals surface area contributed by atoms with Gasteiger partial charge < -0.3 is 20.9 Å². The van der Waals surface area contributed by atoms with E-state index >= 15 is 0 Å². The second-order valence-corrected chi connectivity index (χ2v) is 6.36. The van der Waals surface area contributed by atoms with Crippen molar-refractivity contribution in [2.24, 2.45) is 4.99 Å². The van der Waals surface area contributed by atoms with E-state index in [1.807, 2.05) is 0 Å². The second-order valence-electron chi connectivity index (χ2n) is 6.36. The Bertz CT molecular complexity index is 451. The molecule has 0 aromatic heterocycles. The molecule has 8 heteroatoms. The van der Waals surface area contributed by atoms with Crippen LogP contribution in [0.15, 0.2) is 4.99 Å². The maximum Gasteiger partial charge on any atom is 0.324 e. The summed E-state index contributed by atoms with van der Waals surface area (Å²) in [5.74, 6) is 0.522. The van der Waals surface area contributed by atoms with Crippen molar-refractivity contribution < 1.29 is 9.59 Å². The van der Waals surface area contributed by atoms with E-state index in [4.69, 9.17) is 0 Å². The van der Waals surface area contributed by atoms with Crippen LogP contribution in [0.2, 0.25) is 0 Å². The summed E-state index contributed by atoms with van der Waals surface area (Å²) in [6.07, 6.45) is 5.03. The number of likely N-dealkylation sites (tertiary alicyclic amines) is 1. The first-order valence-electron chi connectivity index (χ1n) is 8.88. The zero-order valence-electron chi connectivity index (χ0n) is 14.8. The van der Waals surface area contributed by atoms with Crippen LogP contribution in [0.25, 0.3) is 0 Å². The SMILES string of the molecule is CN=C(NCCCN1CCCCC1C)NCCN1C(=O)CNC1=O. The number of piperidine rings is 1. The summed E-state index contributed by atoms with van der Waals surface area (Å²) in [5.41, 5.74) is 0. The molecule has 2 rings (SSSR count). The van der Waals surface area contributed by atoms with Gasteiger partial charge in [0.25, 0.3) is 0 Å². The van der Waals surface area contributed by atoms with E-state index in [0.29, 0.717) is 25.1 Å². The Morgan fingerprint density at radius 3 is 2.71 bits per heavy atom. The fourth-order valence-corrected chi connectivity index (χ4v) is 3.17. The van der Waals surface area contributed by atoms with Crippen LogP contribution < -0.4 is 16.0 Å². The molecule has 1 unspecified atom stereocenters. The number of imide groups is 1. The standard InChI is InChI=1S/C16H30N6O2/c1-13-6-3-4-9-21(13)10-5-7-18-15(17-2)19-8-11-22-14(23)12-20-16(22)24/h13H,3-12H2,1-2H3,(H,20,24)(H2,17,18,19). The van der Waals surface area contributed by atoms with Crippen molar-refractivity contribution in [2.75, 3.05) is 46.3 Å². The molecule has 2 aliphatic heterocycles. The van der Waals surface area contributed by atoms with E-state index in [2.05, 4.69) is 32.8 Å². The number of amides is 3. The van der Waals surface area contributed by atoms with Crippen LogP contribution in [0.5, 0.6) is 0 Å². The molecule has 0 aromatic rings. The number of nitrogens with zero attached hydrogens (tertiary/aromatic N) is 3. The van der Waals surface area contributed by atoms with Crippen LogP contribution in [0, 0.1) is 0 Å². The van der Waals surface area contributed by atoms with Gasteiger partial charge in [0.15, 0.2) is 5.96 Å². The van der Waals surface area contributed by atoms with E-state index in [9.17, 15) is 9.59 Å². The van der Waals surface area contributed by atoms with Gasteiger partial charge in [-0.05, 0) is 32.7 Å². The summed E-state index contributed by atoms with van der Waals surface area (Å²) in [4.78, 5) is 30.9. The molecule has 1 atom stereocenters. The molecule has 2 heterocycles. The molecule has 0 aliphatic carbocycles. The Hall–Kier alpha value is -1.83. The molecule has 0 saturated carbocycles. The van der Waals surface area contributed by atoms with Crippen molar-refractivity contribution in [3.8, 4) is 0 Å². The lowest BCUT2D eigenvalue weighted by atomic mass is 10.0. The second kappa shape index (κ2) is 9.46. The van der Waals surface area contributed by atoms with Gasteiger partial charge in [-0.25, -0.2) is 4.79 Å². The first kappa shape index (κ1) is 18.5. The predicted molar refractivity (Wildman–Crippen MR) is 94.0 cm³/mol. The Balaban J connectivity index is 1.58. The van der Waals surface area contributed by atoms with Gasteiger partial charge in [-0.1, -0.05) is 6.42 Å². The summed E-state index contributed by atoms with van der Waals surface area (Å²) in [5, 5.41) is 8.92. The summed E-state index contributed by atoms with van der Waals surface area (Å²) >= 11 is 0. The number of rotatable bonds is 7. The van der Waals surface area contributed by atoms with Crippen molar-refractivity contribution in [3.63, 3.8) is 0 Å². The maximum absolute atomic E-state index is 11.5. The van der Waals surface area contributed by atoms with Gasteiger partial charge in [-0.15, -0.1) is 0 Å². The molecule has 0 spiro atoms. The molecule has 136 valence electrons. The monoisotopic (exact) mass is 338 g/mol. The zero-order chi connectivity index (χ0) is 17.4. The van der Waals surface area contributed by atoms with Crippen LogP contribution >= 0.6 is 0 Å². The number of nitrogens with one attached hydrogen (secondary N) is 3. The minimum Gasteiger partial charge on any atom is -0.356 e. The third-order valence-electron chi connectivity index (χ3n) is 4.64. The third kappa shape index (κ3) is 5.36. The number of hydrogen-bond donors (Lipinski definition) is 3. The van der Waals surface area contributed by atoms with Gasteiger partial charge in [0.1, 0.15) is 0 Å². The maximum atomic E-state index is 11.5. The van der Waals surface area contributed by atoms with Crippen molar-refractivity contribution in [2.45, 2.75) is 38.6 Å². The lowest BCUT2D eigenvalue weighted by molar-refractivity contribution is -0.124. The fourth-order valence-electron chi connectivity index (χ4n) is 3.17. The van der Waals surface area contributed by atoms with Gasteiger partial charge in [0, 0.05) is 39.3 Å². The average Bonchev–Trinajstić information content (AvgIpc) is 2.90. The summed E-state index contributed by atoms with van der Waals surface area (Å²) in [7, 11) is 1.72. The molecule has 2 saturated heterocycles. The molecule has 2 fully saturated rings. The third-order valence-corrected chi connectivity index (χ3v) is 4.64. The molecular weight excluding hydrogens is 308 g/mol. The lowest BCUT2D eigenvalue weighted by Gasteiger charge is -2.33. The van der Waals surface area contributed by atoms with Gasteiger partial charge in [0.05, 0.1) is 6.54 Å². The molecule has 0 bridgehead atoms. The van der Waals surface area contributed by atoms with E-state index in [1.165, 1.54) is 30.7 Å². The van der Waals surface area contributed by atoms with E-state index < -0.39 is 0 Å². The van der Waals surface area contributed by atoms with Crippen LogP contribution in [0.4, 0.5) is 4.79 Å². The lowest BCUT2D eigenvalue weighted by Crippen LogP contribution is -2.44. The number of guanidine groups is 1. The minimum absolute atomic E-state index is 0.0979. The molecule has 3 amide bonds. The highest BCUT2D eigenvalue weighted by atomic mass is 16.2. The normalized spacial score (nSPS) is 22.7. The molecule has 24 heavy (non-hydrogen) atoms. The predicted octanol–water partition coefficient (Wildman–Crippen LogP) is -0.0323. The van der Waals surface area contributed by atoms with Gasteiger partial charge in [-0.2, -0.15) is 0 Å². The quantitative estimate of drug-likeness (QED) is 0.262. The number of carbonyl (C=O) groups excluding carboxylic acids is 2. The zero-order valence-corrected chi connectivity index (χ0v) is 14.8. The molecule has 2 aliphatic rings. The molecule has 0 aromatic carbocycles. The van der Waals surface area contributed by atoms with Crippen molar-refractivity contribution >= 4 is 17.9 Å². The first-order chi connectivity index (χ1) is 11.6. The first-order valence-corrected chi connectivity index (χ1v) is 8.88. The highest BCUT2D eigenvalue weighted by Gasteiger charge is 2.27. The average molecular weight is 338 g/mol. The Morgan fingerprint density at radius 2 is 2.04 bits per heavy atom. The topological polar surface area (TPSA) is 89.1 Å². The highest BCUT2D eigenvalue weighted by Crippen LogP contribution is 2.15. The van der Waals surface area contributed by atoms with Crippen LogP contribution in [0.3, 0.4) is 0 Å². The number of urea groups is 1. The molecule has 0 radical (unpaired) electrons.